The molecule has 1 aliphatic heterocycles. The number of amides is 2. The Labute approximate surface area is 192 Å². The number of methoxy groups -OCH3 is 1. The van der Waals surface area contributed by atoms with Crippen LogP contribution in [0.25, 0.3) is 0 Å². The van der Waals surface area contributed by atoms with Crippen molar-refractivity contribution >= 4 is 11.8 Å². The van der Waals surface area contributed by atoms with Crippen LogP contribution in [-0.4, -0.2) is 72.6 Å². The van der Waals surface area contributed by atoms with Crippen molar-refractivity contribution in [1.29, 1.82) is 0 Å². The van der Waals surface area contributed by atoms with Crippen molar-refractivity contribution in [2.45, 2.75) is 70.7 Å². The normalized spacial score (nSPS) is 21.7. The van der Waals surface area contributed by atoms with Crippen molar-refractivity contribution in [3.8, 4) is 5.88 Å². The summed E-state index contributed by atoms with van der Waals surface area (Å²) in [6.07, 6.45) is 6.42. The van der Waals surface area contributed by atoms with E-state index in [1.807, 2.05) is 27.0 Å². The van der Waals surface area contributed by atoms with Crippen molar-refractivity contribution in [1.82, 2.24) is 35.2 Å². The second-order valence-corrected chi connectivity index (χ2v) is 9.83. The van der Waals surface area contributed by atoms with Gasteiger partial charge in [0.05, 0.1) is 43.5 Å². The first kappa shape index (κ1) is 23.1. The van der Waals surface area contributed by atoms with Crippen LogP contribution in [0.1, 0.15) is 63.4 Å². The van der Waals surface area contributed by atoms with Gasteiger partial charge in [0.1, 0.15) is 12.1 Å². The van der Waals surface area contributed by atoms with Gasteiger partial charge in [0.2, 0.25) is 17.7 Å². The lowest BCUT2D eigenvalue weighted by atomic mass is 9.85. The number of hydrogen-bond donors (Lipinski definition) is 2. The van der Waals surface area contributed by atoms with E-state index in [4.69, 9.17) is 4.74 Å². The van der Waals surface area contributed by atoms with Gasteiger partial charge in [0, 0.05) is 25.1 Å². The third kappa shape index (κ3) is 5.13. The van der Waals surface area contributed by atoms with Crippen LogP contribution in [0.15, 0.2) is 18.6 Å². The number of aliphatic hydroxyl groups excluding tert-OH is 1. The molecule has 2 N–H and O–H groups in total. The largest absolute Gasteiger partial charge is 0.480 e. The Morgan fingerprint density at radius 3 is 2.73 bits per heavy atom. The predicted molar refractivity (Wildman–Crippen MR) is 117 cm³/mol. The standard InChI is InChI=1S/C22H31N7O4/c1-22(2,3)19(29-12-16(26-27-29)13-5-6-13)21(32)28-11-15(30)7-17(28)20(31)24-9-14-8-23-10-18(25-14)33-4/h8,10,12-13,15,17,19,30H,5-7,9,11H2,1-4H3,(H,24,31)/t15-,17+,19-/m1/s1. The lowest BCUT2D eigenvalue weighted by molar-refractivity contribution is -0.144. The third-order valence-corrected chi connectivity index (χ3v) is 6.02. The van der Waals surface area contributed by atoms with E-state index < -0.39 is 23.6 Å². The van der Waals surface area contributed by atoms with E-state index in [2.05, 4.69) is 25.6 Å². The first-order chi connectivity index (χ1) is 15.7. The fourth-order valence-electron chi connectivity index (χ4n) is 4.19. The molecule has 3 atom stereocenters. The molecule has 2 aromatic heterocycles. The van der Waals surface area contributed by atoms with E-state index in [9.17, 15) is 14.7 Å². The van der Waals surface area contributed by atoms with Gasteiger partial charge >= 0.3 is 0 Å². The van der Waals surface area contributed by atoms with Crippen LogP contribution >= 0.6 is 0 Å². The van der Waals surface area contributed by atoms with Gasteiger partial charge in [-0.05, 0) is 18.3 Å². The quantitative estimate of drug-likeness (QED) is 0.624. The maximum Gasteiger partial charge on any atom is 0.248 e. The first-order valence-corrected chi connectivity index (χ1v) is 11.2. The fourth-order valence-corrected chi connectivity index (χ4v) is 4.19. The molecule has 178 valence electrons. The minimum atomic E-state index is -0.789. The number of ether oxygens (including phenoxy) is 1. The molecule has 0 radical (unpaired) electrons. The minimum absolute atomic E-state index is 0.0899. The maximum absolute atomic E-state index is 13.7. The minimum Gasteiger partial charge on any atom is -0.480 e. The van der Waals surface area contributed by atoms with Gasteiger partial charge in [0.25, 0.3) is 0 Å². The molecule has 1 saturated carbocycles. The van der Waals surface area contributed by atoms with E-state index in [1.165, 1.54) is 24.4 Å². The highest BCUT2D eigenvalue weighted by molar-refractivity contribution is 5.90. The molecule has 2 fully saturated rings. The molecule has 0 aromatic carbocycles. The highest BCUT2D eigenvalue weighted by atomic mass is 16.5. The fraction of sp³-hybridized carbons (Fsp3) is 0.636. The molecule has 11 nitrogen and oxygen atoms in total. The number of likely N-dealkylation sites (tertiary alicyclic amines) is 1. The molecule has 2 aromatic rings. The average molecular weight is 458 g/mol. The number of carbonyl (C=O) groups excluding carboxylic acids is 2. The van der Waals surface area contributed by atoms with Crippen molar-refractivity contribution in [2.24, 2.45) is 5.41 Å². The zero-order valence-electron chi connectivity index (χ0n) is 19.4. The van der Waals surface area contributed by atoms with Gasteiger partial charge < -0.3 is 20.1 Å². The van der Waals surface area contributed by atoms with Crippen LogP contribution in [0.4, 0.5) is 0 Å². The summed E-state index contributed by atoms with van der Waals surface area (Å²) in [6.45, 7) is 6.09. The lowest BCUT2D eigenvalue weighted by Gasteiger charge is -2.34. The van der Waals surface area contributed by atoms with E-state index in [0.717, 1.165) is 18.5 Å². The summed E-state index contributed by atoms with van der Waals surface area (Å²) in [7, 11) is 1.49. The summed E-state index contributed by atoms with van der Waals surface area (Å²) >= 11 is 0. The van der Waals surface area contributed by atoms with Crippen LogP contribution in [-0.2, 0) is 16.1 Å². The molecular formula is C22H31N7O4. The summed E-state index contributed by atoms with van der Waals surface area (Å²) in [5.41, 5.74) is 0.949. The summed E-state index contributed by atoms with van der Waals surface area (Å²) in [6, 6.07) is -1.44. The van der Waals surface area contributed by atoms with Gasteiger partial charge in [0.15, 0.2) is 0 Å². The Morgan fingerprint density at radius 1 is 1.30 bits per heavy atom. The zero-order chi connectivity index (χ0) is 23.8. The molecule has 0 unspecified atom stereocenters. The number of aromatic nitrogens is 5. The van der Waals surface area contributed by atoms with Crippen molar-refractivity contribution in [3.63, 3.8) is 0 Å². The molecule has 4 rings (SSSR count). The number of β-amino-alcohol motifs (C(OH)–C–C–N with tert-alkyl or cyclic N) is 1. The second-order valence-electron chi connectivity index (χ2n) is 9.83. The van der Waals surface area contributed by atoms with E-state index in [-0.39, 0.29) is 31.3 Å². The monoisotopic (exact) mass is 457 g/mol. The number of hydrogen-bond acceptors (Lipinski definition) is 8. The summed E-state index contributed by atoms with van der Waals surface area (Å²) < 4.78 is 6.67. The van der Waals surface area contributed by atoms with Gasteiger partial charge in [-0.3, -0.25) is 14.6 Å². The Bertz CT molecular complexity index is 1010. The molecule has 2 amide bonds. The number of nitrogens with zero attached hydrogens (tertiary/aromatic N) is 6. The number of nitrogens with one attached hydrogen (secondary N) is 1. The highest BCUT2D eigenvalue weighted by Gasteiger charge is 2.45. The maximum atomic E-state index is 13.7. The van der Waals surface area contributed by atoms with Gasteiger partial charge in [-0.2, -0.15) is 0 Å². The van der Waals surface area contributed by atoms with Crippen molar-refractivity contribution in [2.75, 3.05) is 13.7 Å². The molecule has 3 heterocycles. The Morgan fingerprint density at radius 2 is 2.06 bits per heavy atom. The highest BCUT2D eigenvalue weighted by Crippen LogP contribution is 2.40. The average Bonchev–Trinajstić information content (AvgIpc) is 3.38. The predicted octanol–water partition coefficient (Wildman–Crippen LogP) is 0.820. The second kappa shape index (κ2) is 9.05. The topological polar surface area (TPSA) is 135 Å². The van der Waals surface area contributed by atoms with Gasteiger partial charge in [-0.15, -0.1) is 5.10 Å². The van der Waals surface area contributed by atoms with Crippen LogP contribution in [0, 0.1) is 5.41 Å². The SMILES string of the molecule is COc1cncc(CNC(=O)[C@@H]2C[C@@H](O)CN2C(=O)[C@@H](n2cc(C3CC3)nn2)C(C)(C)C)n1. The van der Waals surface area contributed by atoms with Crippen molar-refractivity contribution < 1.29 is 19.4 Å². The van der Waals surface area contributed by atoms with E-state index in [0.29, 0.717) is 17.5 Å². The third-order valence-electron chi connectivity index (χ3n) is 6.02. The van der Waals surface area contributed by atoms with Gasteiger partial charge in [-0.1, -0.05) is 26.0 Å². The van der Waals surface area contributed by atoms with Gasteiger partial charge in [-0.25, -0.2) is 9.67 Å². The molecule has 1 saturated heterocycles. The number of carbonyl (C=O) groups is 2. The number of aliphatic hydroxyl groups is 1. The molecule has 1 aliphatic carbocycles. The molecule has 0 bridgehead atoms. The zero-order valence-corrected chi connectivity index (χ0v) is 19.4. The first-order valence-electron chi connectivity index (χ1n) is 11.2. The van der Waals surface area contributed by atoms with Crippen LogP contribution in [0.3, 0.4) is 0 Å². The van der Waals surface area contributed by atoms with Crippen LogP contribution in [0.2, 0.25) is 0 Å². The molecule has 2 aliphatic rings. The molecule has 11 heteroatoms. The van der Waals surface area contributed by atoms with E-state index in [1.54, 1.807) is 4.68 Å². The summed E-state index contributed by atoms with van der Waals surface area (Å²) in [5, 5.41) is 21.6. The molecule has 33 heavy (non-hydrogen) atoms. The molecule has 0 spiro atoms. The smallest absolute Gasteiger partial charge is 0.248 e. The molecular weight excluding hydrogens is 426 g/mol. The number of rotatable bonds is 7. The van der Waals surface area contributed by atoms with Crippen LogP contribution < -0.4 is 10.1 Å². The van der Waals surface area contributed by atoms with Crippen LogP contribution in [0.5, 0.6) is 5.88 Å². The summed E-state index contributed by atoms with van der Waals surface area (Å²) in [4.78, 5) is 36.5. The Hall–Kier alpha value is -3.08. The Balaban J connectivity index is 1.50. The lowest BCUT2D eigenvalue weighted by Crippen LogP contribution is -2.50. The Kier molecular flexibility index (Phi) is 6.33. The summed E-state index contributed by atoms with van der Waals surface area (Å²) in [5.74, 6) is 0.157. The van der Waals surface area contributed by atoms with Crippen molar-refractivity contribution in [3.05, 3.63) is 30.0 Å². The van der Waals surface area contributed by atoms with E-state index >= 15 is 0 Å².